The molecule has 2 fully saturated rings. The highest BCUT2D eigenvalue weighted by atomic mass is 16.3. The van der Waals surface area contributed by atoms with E-state index in [9.17, 15) is 0 Å². The van der Waals surface area contributed by atoms with Gasteiger partial charge in [-0.2, -0.15) is 0 Å². The van der Waals surface area contributed by atoms with E-state index in [0.29, 0.717) is 6.61 Å². The first-order valence-corrected chi connectivity index (χ1v) is 6.87. The summed E-state index contributed by atoms with van der Waals surface area (Å²) in [6.45, 7) is 8.25. The molecule has 1 N–H and O–H groups in total. The van der Waals surface area contributed by atoms with Crippen molar-refractivity contribution < 1.29 is 5.11 Å². The molecular formula is C13H26N2O. The van der Waals surface area contributed by atoms with Crippen molar-refractivity contribution in [3.8, 4) is 0 Å². The second-order valence-electron chi connectivity index (χ2n) is 5.51. The Bertz CT molecular complexity index is 194. The van der Waals surface area contributed by atoms with Crippen LogP contribution in [-0.4, -0.2) is 60.3 Å². The summed E-state index contributed by atoms with van der Waals surface area (Å²) in [5, 5.41) is 8.91. The Labute approximate surface area is 99.4 Å². The molecule has 1 heterocycles. The molecule has 0 bridgehead atoms. The predicted molar refractivity (Wildman–Crippen MR) is 66.5 cm³/mol. The minimum atomic E-state index is 0.306. The summed E-state index contributed by atoms with van der Waals surface area (Å²) in [5.74, 6) is 0.951. The normalized spacial score (nSPS) is 34.1. The summed E-state index contributed by atoms with van der Waals surface area (Å²) in [6, 6.07) is 0.854. The van der Waals surface area contributed by atoms with E-state index in [0.717, 1.165) is 31.6 Å². The third kappa shape index (κ3) is 3.19. The van der Waals surface area contributed by atoms with E-state index in [2.05, 4.69) is 16.7 Å². The van der Waals surface area contributed by atoms with Crippen LogP contribution in [0.2, 0.25) is 0 Å². The lowest BCUT2D eigenvalue weighted by molar-refractivity contribution is 0.0640. The highest BCUT2D eigenvalue weighted by Gasteiger charge is 2.26. The molecule has 0 radical (unpaired) electrons. The molecule has 1 saturated carbocycles. The molecular weight excluding hydrogens is 200 g/mol. The lowest BCUT2D eigenvalue weighted by Gasteiger charge is -2.41. The molecule has 1 aliphatic carbocycles. The van der Waals surface area contributed by atoms with Gasteiger partial charge in [0.2, 0.25) is 0 Å². The van der Waals surface area contributed by atoms with Crippen LogP contribution in [0.15, 0.2) is 0 Å². The van der Waals surface area contributed by atoms with Gasteiger partial charge in [-0.05, 0) is 31.6 Å². The van der Waals surface area contributed by atoms with Gasteiger partial charge in [-0.15, -0.1) is 0 Å². The van der Waals surface area contributed by atoms with Crippen LogP contribution in [0.25, 0.3) is 0 Å². The van der Waals surface area contributed by atoms with Crippen LogP contribution in [0.5, 0.6) is 0 Å². The lowest BCUT2D eigenvalue weighted by Crippen LogP contribution is -2.51. The molecule has 2 aliphatic rings. The van der Waals surface area contributed by atoms with Crippen LogP contribution in [-0.2, 0) is 0 Å². The SMILES string of the molecule is CC1CCC(N2CCN(CCO)CC2)CC1. The zero-order valence-electron chi connectivity index (χ0n) is 10.6. The van der Waals surface area contributed by atoms with Crippen LogP contribution in [0.3, 0.4) is 0 Å². The number of aliphatic hydroxyl groups excluding tert-OH is 1. The van der Waals surface area contributed by atoms with Crippen LogP contribution >= 0.6 is 0 Å². The van der Waals surface area contributed by atoms with Gasteiger partial charge in [0.05, 0.1) is 6.61 Å². The Balaban J connectivity index is 1.72. The van der Waals surface area contributed by atoms with Gasteiger partial charge in [0, 0.05) is 38.8 Å². The molecule has 2 rings (SSSR count). The van der Waals surface area contributed by atoms with Gasteiger partial charge in [0.25, 0.3) is 0 Å². The number of hydrogen-bond acceptors (Lipinski definition) is 3. The van der Waals surface area contributed by atoms with E-state index >= 15 is 0 Å². The number of piperazine rings is 1. The Morgan fingerprint density at radius 1 is 1.00 bits per heavy atom. The molecule has 3 nitrogen and oxygen atoms in total. The van der Waals surface area contributed by atoms with Crippen molar-refractivity contribution >= 4 is 0 Å². The Hall–Kier alpha value is -0.120. The van der Waals surface area contributed by atoms with Crippen molar-refractivity contribution in [3.05, 3.63) is 0 Å². The van der Waals surface area contributed by atoms with Crippen LogP contribution in [0.4, 0.5) is 0 Å². The van der Waals surface area contributed by atoms with Crippen LogP contribution in [0, 0.1) is 5.92 Å². The van der Waals surface area contributed by atoms with Crippen molar-refractivity contribution in [2.45, 2.75) is 38.6 Å². The fourth-order valence-electron chi connectivity index (χ4n) is 3.10. The van der Waals surface area contributed by atoms with Crippen molar-refractivity contribution in [3.63, 3.8) is 0 Å². The monoisotopic (exact) mass is 226 g/mol. The average Bonchev–Trinajstić information content (AvgIpc) is 2.32. The van der Waals surface area contributed by atoms with Gasteiger partial charge in [0.15, 0.2) is 0 Å². The summed E-state index contributed by atoms with van der Waals surface area (Å²) in [4.78, 5) is 5.06. The first kappa shape index (κ1) is 12.3. The molecule has 0 aromatic heterocycles. The van der Waals surface area contributed by atoms with E-state index in [1.807, 2.05) is 0 Å². The molecule has 16 heavy (non-hydrogen) atoms. The highest BCUT2D eigenvalue weighted by molar-refractivity contribution is 4.82. The standard InChI is InChI=1S/C13H26N2O/c1-12-2-4-13(5-3-12)15-8-6-14(7-9-15)10-11-16/h12-13,16H,2-11H2,1H3. The first-order chi connectivity index (χ1) is 7.79. The minimum Gasteiger partial charge on any atom is -0.395 e. The van der Waals surface area contributed by atoms with Crippen LogP contribution in [0.1, 0.15) is 32.6 Å². The largest absolute Gasteiger partial charge is 0.395 e. The van der Waals surface area contributed by atoms with Gasteiger partial charge in [-0.1, -0.05) is 6.92 Å². The number of β-amino-alcohol motifs (C(OH)–C–C–N with tert-alkyl or cyclic N) is 1. The van der Waals surface area contributed by atoms with E-state index in [4.69, 9.17) is 5.11 Å². The molecule has 0 aromatic carbocycles. The third-order valence-electron chi connectivity index (χ3n) is 4.32. The third-order valence-corrected chi connectivity index (χ3v) is 4.32. The zero-order valence-corrected chi connectivity index (χ0v) is 10.6. The lowest BCUT2D eigenvalue weighted by atomic mass is 9.86. The molecule has 0 atom stereocenters. The van der Waals surface area contributed by atoms with Crippen molar-refractivity contribution in [2.75, 3.05) is 39.3 Å². The molecule has 94 valence electrons. The summed E-state index contributed by atoms with van der Waals surface area (Å²) in [6.07, 6.45) is 5.64. The average molecular weight is 226 g/mol. The Morgan fingerprint density at radius 3 is 2.19 bits per heavy atom. The minimum absolute atomic E-state index is 0.306. The quantitative estimate of drug-likeness (QED) is 0.783. The summed E-state index contributed by atoms with van der Waals surface area (Å²) < 4.78 is 0. The van der Waals surface area contributed by atoms with Crippen LogP contribution < -0.4 is 0 Å². The molecule has 1 aliphatic heterocycles. The molecule has 0 spiro atoms. The van der Waals surface area contributed by atoms with E-state index < -0.39 is 0 Å². The molecule has 0 aromatic rings. The second-order valence-corrected chi connectivity index (χ2v) is 5.51. The Morgan fingerprint density at radius 2 is 1.62 bits per heavy atom. The maximum Gasteiger partial charge on any atom is 0.0558 e. The van der Waals surface area contributed by atoms with Gasteiger partial charge < -0.3 is 5.11 Å². The van der Waals surface area contributed by atoms with Crippen molar-refractivity contribution in [2.24, 2.45) is 5.92 Å². The molecule has 3 heteroatoms. The fourth-order valence-corrected chi connectivity index (χ4v) is 3.10. The topological polar surface area (TPSA) is 26.7 Å². The number of nitrogens with zero attached hydrogens (tertiary/aromatic N) is 2. The highest BCUT2D eigenvalue weighted by Crippen LogP contribution is 2.27. The van der Waals surface area contributed by atoms with Gasteiger partial charge >= 0.3 is 0 Å². The predicted octanol–water partition coefficient (Wildman–Crippen LogP) is 1.17. The zero-order chi connectivity index (χ0) is 11.4. The van der Waals surface area contributed by atoms with Gasteiger partial charge in [0.1, 0.15) is 0 Å². The van der Waals surface area contributed by atoms with Crippen molar-refractivity contribution in [1.82, 2.24) is 9.80 Å². The number of aliphatic hydroxyl groups is 1. The first-order valence-electron chi connectivity index (χ1n) is 6.87. The van der Waals surface area contributed by atoms with Crippen molar-refractivity contribution in [1.29, 1.82) is 0 Å². The summed E-state index contributed by atoms with van der Waals surface area (Å²) in [5.41, 5.74) is 0. The Kier molecular flexibility index (Phi) is 4.62. The smallest absolute Gasteiger partial charge is 0.0558 e. The number of hydrogen-bond donors (Lipinski definition) is 1. The molecule has 1 saturated heterocycles. The maximum atomic E-state index is 8.91. The van der Waals surface area contributed by atoms with Gasteiger partial charge in [-0.3, -0.25) is 9.80 Å². The maximum absolute atomic E-state index is 8.91. The van der Waals surface area contributed by atoms with E-state index in [1.165, 1.54) is 38.8 Å². The molecule has 0 amide bonds. The summed E-state index contributed by atoms with van der Waals surface area (Å²) in [7, 11) is 0. The second kappa shape index (κ2) is 5.99. The van der Waals surface area contributed by atoms with E-state index in [-0.39, 0.29) is 0 Å². The van der Waals surface area contributed by atoms with E-state index in [1.54, 1.807) is 0 Å². The van der Waals surface area contributed by atoms with Gasteiger partial charge in [-0.25, -0.2) is 0 Å². The number of rotatable bonds is 3. The molecule has 0 unspecified atom stereocenters. The summed E-state index contributed by atoms with van der Waals surface area (Å²) >= 11 is 0. The fraction of sp³-hybridized carbons (Fsp3) is 1.00.